The number of nitrogens with one attached hydrogen (secondary N) is 3. The highest BCUT2D eigenvalue weighted by Crippen LogP contribution is 2.33. The van der Waals surface area contributed by atoms with Crippen molar-refractivity contribution in [3.63, 3.8) is 0 Å². The number of halogens is 3. The lowest BCUT2D eigenvalue weighted by Gasteiger charge is -2.25. The summed E-state index contributed by atoms with van der Waals surface area (Å²) < 4.78 is 27.7. The molecule has 3 N–H and O–H groups in total. The Hall–Kier alpha value is -2.94. The van der Waals surface area contributed by atoms with Crippen molar-refractivity contribution >= 4 is 40.7 Å². The molecule has 1 aromatic carbocycles. The Labute approximate surface area is 183 Å². The Morgan fingerprint density at radius 3 is 2.84 bits per heavy atom. The van der Waals surface area contributed by atoms with Crippen LogP contribution in [-0.4, -0.2) is 42.9 Å². The number of fused-ring (bicyclic) bond motifs is 1. The summed E-state index contributed by atoms with van der Waals surface area (Å²) in [5, 5.41) is 8.60. The molecular weight excluding hydrogens is 428 g/mol. The predicted molar refractivity (Wildman–Crippen MR) is 115 cm³/mol. The molecule has 1 saturated heterocycles. The van der Waals surface area contributed by atoms with Crippen molar-refractivity contribution in [2.24, 2.45) is 0 Å². The van der Waals surface area contributed by atoms with Gasteiger partial charge in [-0.25, -0.2) is 13.8 Å². The highest BCUT2D eigenvalue weighted by molar-refractivity contribution is 6.33. The molecule has 2 aliphatic rings. The van der Waals surface area contributed by atoms with Crippen LogP contribution in [0, 0.1) is 0 Å². The molecule has 164 valence electrons. The monoisotopic (exact) mass is 449 g/mol. The predicted octanol–water partition coefficient (Wildman–Crippen LogP) is 3.90. The Morgan fingerprint density at radius 1 is 1.26 bits per heavy atom. The van der Waals surface area contributed by atoms with Gasteiger partial charge >= 0.3 is 0 Å². The van der Waals surface area contributed by atoms with Gasteiger partial charge in [0.15, 0.2) is 0 Å². The molecule has 0 saturated carbocycles. The minimum absolute atomic E-state index is 0.0735. The van der Waals surface area contributed by atoms with E-state index < -0.39 is 11.8 Å². The smallest absolute Gasteiger partial charge is 0.259 e. The first-order valence-electron chi connectivity index (χ1n) is 10.0. The number of alkyl halides is 2. The normalized spacial score (nSPS) is 17.5. The van der Waals surface area contributed by atoms with Gasteiger partial charge in [-0.05, 0) is 30.2 Å². The largest absolute Gasteiger partial charge is 0.372 e. The molecule has 4 rings (SSSR count). The Balaban J connectivity index is 1.65. The van der Waals surface area contributed by atoms with Gasteiger partial charge in [0, 0.05) is 50.8 Å². The van der Waals surface area contributed by atoms with Crippen LogP contribution in [0.1, 0.15) is 45.5 Å². The third kappa shape index (κ3) is 4.41. The molecule has 0 unspecified atom stereocenters. The van der Waals surface area contributed by atoms with E-state index in [1.54, 1.807) is 30.1 Å². The van der Waals surface area contributed by atoms with Crippen molar-refractivity contribution in [2.75, 3.05) is 35.7 Å². The first kappa shape index (κ1) is 21.3. The summed E-state index contributed by atoms with van der Waals surface area (Å²) in [5.41, 5.74) is 1.99. The lowest BCUT2D eigenvalue weighted by Crippen LogP contribution is -2.29. The number of anilines is 3. The Morgan fingerprint density at radius 2 is 2.06 bits per heavy atom. The number of amides is 2. The quantitative estimate of drug-likeness (QED) is 0.659. The molecule has 31 heavy (non-hydrogen) atoms. The molecule has 1 fully saturated rings. The van der Waals surface area contributed by atoms with Gasteiger partial charge < -0.3 is 20.9 Å². The lowest BCUT2D eigenvalue weighted by atomic mass is 10.1. The van der Waals surface area contributed by atoms with Crippen LogP contribution in [0.25, 0.3) is 0 Å². The van der Waals surface area contributed by atoms with Gasteiger partial charge in [0.2, 0.25) is 5.92 Å². The van der Waals surface area contributed by atoms with Crippen molar-refractivity contribution in [3.8, 4) is 0 Å². The third-order valence-electron chi connectivity index (χ3n) is 5.51. The van der Waals surface area contributed by atoms with E-state index in [9.17, 15) is 18.4 Å². The first-order chi connectivity index (χ1) is 14.8. The molecule has 10 heteroatoms. The van der Waals surface area contributed by atoms with E-state index in [1.807, 2.05) is 0 Å². The number of benzene rings is 1. The second-order valence-corrected chi connectivity index (χ2v) is 8.05. The maximum atomic E-state index is 13.9. The summed E-state index contributed by atoms with van der Waals surface area (Å²) >= 11 is 6.26. The van der Waals surface area contributed by atoms with E-state index in [4.69, 9.17) is 11.6 Å². The van der Waals surface area contributed by atoms with Crippen LogP contribution < -0.4 is 20.9 Å². The van der Waals surface area contributed by atoms with Crippen molar-refractivity contribution in [2.45, 2.75) is 31.7 Å². The van der Waals surface area contributed by atoms with Crippen molar-refractivity contribution in [3.05, 3.63) is 46.0 Å². The molecule has 0 aliphatic carbocycles. The SMILES string of the molecule is CNc1nc(N2CCCC(F)(F)CC2)c(C(=O)Nc2ccc3c(c2)C(=O)NC3)cc1Cl. The number of carbonyl (C=O) groups is 2. The fraction of sp³-hybridized carbons (Fsp3) is 0.381. The van der Waals surface area contributed by atoms with E-state index in [1.165, 1.54) is 6.07 Å². The first-order valence-corrected chi connectivity index (χ1v) is 10.4. The summed E-state index contributed by atoms with van der Waals surface area (Å²) in [4.78, 5) is 31.2. The molecule has 0 atom stereocenters. The van der Waals surface area contributed by atoms with E-state index in [0.717, 1.165) is 5.56 Å². The maximum absolute atomic E-state index is 13.9. The fourth-order valence-corrected chi connectivity index (χ4v) is 4.07. The molecule has 2 aliphatic heterocycles. The van der Waals surface area contributed by atoms with E-state index in [-0.39, 0.29) is 42.3 Å². The van der Waals surface area contributed by atoms with E-state index in [2.05, 4.69) is 20.9 Å². The Kier molecular flexibility index (Phi) is 5.70. The minimum atomic E-state index is -2.74. The van der Waals surface area contributed by atoms with Gasteiger partial charge in [0.25, 0.3) is 11.8 Å². The van der Waals surface area contributed by atoms with Crippen LogP contribution in [0.3, 0.4) is 0 Å². The molecular formula is C21H22ClF2N5O2. The molecule has 0 bridgehead atoms. The van der Waals surface area contributed by atoms with Gasteiger partial charge in [-0.2, -0.15) is 0 Å². The van der Waals surface area contributed by atoms with Crippen molar-refractivity contribution in [1.82, 2.24) is 10.3 Å². The Bertz CT molecular complexity index is 1050. The van der Waals surface area contributed by atoms with Crippen LogP contribution in [0.4, 0.5) is 26.1 Å². The number of hydrogen-bond donors (Lipinski definition) is 3. The topological polar surface area (TPSA) is 86.4 Å². The van der Waals surface area contributed by atoms with Crippen molar-refractivity contribution < 1.29 is 18.4 Å². The molecule has 1 aromatic heterocycles. The van der Waals surface area contributed by atoms with E-state index >= 15 is 0 Å². The highest BCUT2D eigenvalue weighted by atomic mass is 35.5. The maximum Gasteiger partial charge on any atom is 0.259 e. The number of aromatic nitrogens is 1. The summed E-state index contributed by atoms with van der Waals surface area (Å²) in [5.74, 6) is -2.76. The number of nitrogens with zero attached hydrogens (tertiary/aromatic N) is 2. The van der Waals surface area contributed by atoms with Gasteiger partial charge in [-0.3, -0.25) is 9.59 Å². The lowest BCUT2D eigenvalue weighted by molar-refractivity contribution is -0.0102. The van der Waals surface area contributed by atoms with Crippen molar-refractivity contribution in [1.29, 1.82) is 0 Å². The van der Waals surface area contributed by atoms with Gasteiger partial charge in [-0.15, -0.1) is 0 Å². The zero-order valence-electron chi connectivity index (χ0n) is 16.9. The zero-order valence-corrected chi connectivity index (χ0v) is 17.7. The number of hydrogen-bond acceptors (Lipinski definition) is 5. The van der Waals surface area contributed by atoms with Crippen LogP contribution in [0.15, 0.2) is 24.3 Å². The van der Waals surface area contributed by atoms with E-state index in [0.29, 0.717) is 36.0 Å². The number of rotatable bonds is 4. The molecule has 7 nitrogen and oxygen atoms in total. The van der Waals surface area contributed by atoms with Gasteiger partial charge in [-0.1, -0.05) is 17.7 Å². The summed E-state index contributed by atoms with van der Waals surface area (Å²) in [6.07, 6.45) is -0.227. The number of pyridine rings is 1. The zero-order chi connectivity index (χ0) is 22.2. The average molecular weight is 450 g/mol. The standard InChI is InChI=1S/C21H22ClF2N5O2/c1-25-17-16(22)10-15(18(28-17)29-7-2-5-21(23,24)6-8-29)20(31)27-13-4-3-12-11-26-19(30)14(12)9-13/h3-4,9-10H,2,5-8,11H2,1H3,(H,25,28)(H,26,30)(H,27,31). The average Bonchev–Trinajstić information content (AvgIpc) is 3.00. The van der Waals surface area contributed by atoms with Crippen LogP contribution in [0.2, 0.25) is 5.02 Å². The second kappa shape index (κ2) is 8.30. The van der Waals surface area contributed by atoms with Gasteiger partial charge in [0.05, 0.1) is 10.6 Å². The summed E-state index contributed by atoms with van der Waals surface area (Å²) in [6, 6.07) is 6.57. The fourth-order valence-electron chi connectivity index (χ4n) is 3.83. The van der Waals surface area contributed by atoms with Crippen LogP contribution in [0.5, 0.6) is 0 Å². The minimum Gasteiger partial charge on any atom is -0.372 e. The third-order valence-corrected chi connectivity index (χ3v) is 5.79. The molecule has 0 radical (unpaired) electrons. The second-order valence-electron chi connectivity index (χ2n) is 7.65. The summed E-state index contributed by atoms with van der Waals surface area (Å²) in [7, 11) is 1.64. The molecule has 0 spiro atoms. The number of carbonyl (C=O) groups excluding carboxylic acids is 2. The van der Waals surface area contributed by atoms with Gasteiger partial charge in [0.1, 0.15) is 11.6 Å². The highest BCUT2D eigenvalue weighted by Gasteiger charge is 2.33. The van der Waals surface area contributed by atoms with Crippen LogP contribution >= 0.6 is 11.6 Å². The molecule has 3 heterocycles. The molecule has 2 aromatic rings. The summed E-state index contributed by atoms with van der Waals surface area (Å²) in [6.45, 7) is 0.883. The van der Waals surface area contributed by atoms with Crippen LogP contribution in [-0.2, 0) is 6.54 Å². The molecule has 2 amide bonds.